The molecule has 0 aliphatic rings. The smallest absolute Gasteiger partial charge is 0.127 e. The van der Waals surface area contributed by atoms with Gasteiger partial charge in [-0.3, -0.25) is 0 Å². The van der Waals surface area contributed by atoms with Crippen molar-refractivity contribution >= 4 is 11.0 Å². The van der Waals surface area contributed by atoms with Crippen LogP contribution in [0.25, 0.3) is 11.0 Å². The van der Waals surface area contributed by atoms with Crippen molar-refractivity contribution in [2.75, 3.05) is 13.2 Å². The molecule has 5 heteroatoms. The van der Waals surface area contributed by atoms with E-state index in [9.17, 15) is 0 Å². The lowest BCUT2D eigenvalue weighted by atomic mass is 10.2. The SMILES string of the molecule is NC(CCO)c1nc2ccccc2n1CCO. The second-order valence-electron chi connectivity index (χ2n) is 3.95. The average molecular weight is 235 g/mol. The lowest BCUT2D eigenvalue weighted by molar-refractivity contribution is 0.264. The third-order valence-corrected chi connectivity index (χ3v) is 2.78. The lowest BCUT2D eigenvalue weighted by Gasteiger charge is -2.12. The van der Waals surface area contributed by atoms with Gasteiger partial charge in [-0.25, -0.2) is 4.98 Å². The molecule has 0 fully saturated rings. The van der Waals surface area contributed by atoms with Crippen molar-refractivity contribution < 1.29 is 10.2 Å². The molecule has 0 bridgehead atoms. The van der Waals surface area contributed by atoms with Gasteiger partial charge in [-0.2, -0.15) is 0 Å². The fourth-order valence-electron chi connectivity index (χ4n) is 1.98. The first kappa shape index (κ1) is 12.0. The van der Waals surface area contributed by atoms with Gasteiger partial charge in [0.15, 0.2) is 0 Å². The van der Waals surface area contributed by atoms with Crippen molar-refractivity contribution in [1.82, 2.24) is 9.55 Å². The number of aromatic nitrogens is 2. The number of hydrogen-bond donors (Lipinski definition) is 3. The molecular weight excluding hydrogens is 218 g/mol. The van der Waals surface area contributed by atoms with Crippen molar-refractivity contribution in [1.29, 1.82) is 0 Å². The van der Waals surface area contributed by atoms with E-state index in [4.69, 9.17) is 15.9 Å². The van der Waals surface area contributed by atoms with E-state index in [-0.39, 0.29) is 19.3 Å². The summed E-state index contributed by atoms with van der Waals surface area (Å²) in [5, 5.41) is 18.0. The van der Waals surface area contributed by atoms with Crippen molar-refractivity contribution in [2.24, 2.45) is 5.73 Å². The molecule has 0 aliphatic heterocycles. The molecule has 0 saturated carbocycles. The van der Waals surface area contributed by atoms with E-state index in [2.05, 4.69) is 4.98 Å². The number of fused-ring (bicyclic) bond motifs is 1. The largest absolute Gasteiger partial charge is 0.396 e. The molecule has 92 valence electrons. The molecule has 1 aromatic heterocycles. The number of para-hydroxylation sites is 2. The second kappa shape index (κ2) is 5.27. The topological polar surface area (TPSA) is 84.3 Å². The van der Waals surface area contributed by atoms with Crippen molar-refractivity contribution in [3.05, 3.63) is 30.1 Å². The summed E-state index contributed by atoms with van der Waals surface area (Å²) >= 11 is 0. The minimum Gasteiger partial charge on any atom is -0.396 e. The zero-order valence-corrected chi connectivity index (χ0v) is 9.58. The molecule has 0 spiro atoms. The van der Waals surface area contributed by atoms with Gasteiger partial charge < -0.3 is 20.5 Å². The van der Waals surface area contributed by atoms with Crippen LogP contribution in [-0.4, -0.2) is 33.0 Å². The molecule has 17 heavy (non-hydrogen) atoms. The maximum atomic E-state index is 9.09. The number of nitrogens with zero attached hydrogens (tertiary/aromatic N) is 2. The van der Waals surface area contributed by atoms with Crippen LogP contribution >= 0.6 is 0 Å². The molecule has 1 heterocycles. The first-order chi connectivity index (χ1) is 8.27. The minimum atomic E-state index is -0.307. The zero-order valence-electron chi connectivity index (χ0n) is 9.58. The average Bonchev–Trinajstić information content (AvgIpc) is 2.70. The van der Waals surface area contributed by atoms with Crippen LogP contribution in [0.2, 0.25) is 0 Å². The summed E-state index contributed by atoms with van der Waals surface area (Å²) in [5.74, 6) is 0.717. The highest BCUT2D eigenvalue weighted by Crippen LogP contribution is 2.21. The first-order valence-electron chi connectivity index (χ1n) is 5.70. The third-order valence-electron chi connectivity index (χ3n) is 2.78. The number of hydrogen-bond acceptors (Lipinski definition) is 4. The van der Waals surface area contributed by atoms with Gasteiger partial charge in [0.05, 0.1) is 23.7 Å². The quantitative estimate of drug-likeness (QED) is 0.701. The van der Waals surface area contributed by atoms with Gasteiger partial charge in [0.1, 0.15) is 5.82 Å². The summed E-state index contributed by atoms with van der Waals surface area (Å²) in [6.45, 7) is 0.539. The second-order valence-corrected chi connectivity index (χ2v) is 3.95. The summed E-state index contributed by atoms with van der Waals surface area (Å²) in [7, 11) is 0. The van der Waals surface area contributed by atoms with Gasteiger partial charge in [-0.15, -0.1) is 0 Å². The summed E-state index contributed by atoms with van der Waals surface area (Å²) in [5.41, 5.74) is 7.80. The number of rotatable bonds is 5. The Balaban J connectivity index is 2.49. The van der Waals surface area contributed by atoms with Crippen LogP contribution in [0, 0.1) is 0 Å². The molecule has 1 atom stereocenters. The van der Waals surface area contributed by atoms with E-state index in [1.807, 2.05) is 28.8 Å². The van der Waals surface area contributed by atoms with E-state index < -0.39 is 0 Å². The Labute approximate surface area is 99.5 Å². The van der Waals surface area contributed by atoms with E-state index in [1.54, 1.807) is 0 Å². The van der Waals surface area contributed by atoms with Crippen LogP contribution in [-0.2, 0) is 6.54 Å². The van der Waals surface area contributed by atoms with Gasteiger partial charge in [-0.05, 0) is 18.6 Å². The van der Waals surface area contributed by atoms with Crippen LogP contribution < -0.4 is 5.73 Å². The minimum absolute atomic E-state index is 0.0312. The van der Waals surface area contributed by atoms with Gasteiger partial charge in [-0.1, -0.05) is 12.1 Å². The summed E-state index contributed by atoms with van der Waals surface area (Å²) < 4.78 is 1.91. The molecule has 0 radical (unpaired) electrons. The molecule has 2 aromatic rings. The highest BCUT2D eigenvalue weighted by molar-refractivity contribution is 5.76. The van der Waals surface area contributed by atoms with Crippen molar-refractivity contribution in [3.63, 3.8) is 0 Å². The van der Waals surface area contributed by atoms with Crippen LogP contribution in [0.1, 0.15) is 18.3 Å². The molecular formula is C12H17N3O2. The van der Waals surface area contributed by atoms with Gasteiger partial charge in [0, 0.05) is 13.2 Å². The maximum absolute atomic E-state index is 9.09. The van der Waals surface area contributed by atoms with Crippen LogP contribution in [0.5, 0.6) is 0 Å². The Bertz CT molecular complexity index is 495. The molecule has 5 nitrogen and oxygen atoms in total. The van der Waals surface area contributed by atoms with Gasteiger partial charge in [0.25, 0.3) is 0 Å². The molecule has 1 aromatic carbocycles. The van der Waals surface area contributed by atoms with E-state index in [0.29, 0.717) is 18.8 Å². The summed E-state index contributed by atoms with van der Waals surface area (Å²) in [6, 6.07) is 7.41. The van der Waals surface area contributed by atoms with Crippen molar-refractivity contribution in [3.8, 4) is 0 Å². The molecule has 0 amide bonds. The highest BCUT2D eigenvalue weighted by atomic mass is 16.3. The number of benzene rings is 1. The number of imidazole rings is 1. The predicted molar refractivity (Wildman–Crippen MR) is 65.5 cm³/mol. The molecule has 0 aliphatic carbocycles. The maximum Gasteiger partial charge on any atom is 0.127 e. The highest BCUT2D eigenvalue weighted by Gasteiger charge is 2.15. The van der Waals surface area contributed by atoms with E-state index in [1.165, 1.54) is 0 Å². The number of aliphatic hydroxyl groups excluding tert-OH is 2. The third kappa shape index (κ3) is 2.31. The molecule has 4 N–H and O–H groups in total. The Morgan fingerprint density at radius 1 is 1.24 bits per heavy atom. The Morgan fingerprint density at radius 2 is 2.00 bits per heavy atom. The first-order valence-corrected chi connectivity index (χ1v) is 5.70. The van der Waals surface area contributed by atoms with Crippen LogP contribution in [0.3, 0.4) is 0 Å². The zero-order chi connectivity index (χ0) is 12.3. The van der Waals surface area contributed by atoms with Gasteiger partial charge >= 0.3 is 0 Å². The van der Waals surface area contributed by atoms with Crippen molar-refractivity contribution in [2.45, 2.75) is 19.0 Å². The van der Waals surface area contributed by atoms with Crippen LogP contribution in [0.15, 0.2) is 24.3 Å². The Kier molecular flexibility index (Phi) is 3.73. The van der Waals surface area contributed by atoms with Crippen LogP contribution in [0.4, 0.5) is 0 Å². The normalized spacial score (nSPS) is 13.1. The number of nitrogens with two attached hydrogens (primary N) is 1. The molecule has 0 saturated heterocycles. The van der Waals surface area contributed by atoms with E-state index in [0.717, 1.165) is 11.0 Å². The predicted octanol–water partition coefficient (Wildman–Crippen LogP) is 0.411. The van der Waals surface area contributed by atoms with E-state index >= 15 is 0 Å². The molecule has 1 unspecified atom stereocenters. The number of aliphatic hydroxyl groups is 2. The monoisotopic (exact) mass is 235 g/mol. The standard InChI is InChI=1S/C12H17N3O2/c13-9(5-7-16)12-14-10-3-1-2-4-11(10)15(12)6-8-17/h1-4,9,16-17H,5-8,13H2. The Hall–Kier alpha value is -1.43. The molecule has 2 rings (SSSR count). The Morgan fingerprint density at radius 3 is 2.71 bits per heavy atom. The fourth-order valence-corrected chi connectivity index (χ4v) is 1.98. The van der Waals surface area contributed by atoms with Gasteiger partial charge in [0.2, 0.25) is 0 Å². The fraction of sp³-hybridized carbons (Fsp3) is 0.417. The summed E-state index contributed by atoms with van der Waals surface area (Å²) in [4.78, 5) is 4.47. The summed E-state index contributed by atoms with van der Waals surface area (Å²) in [6.07, 6.45) is 0.467. The lowest BCUT2D eigenvalue weighted by Crippen LogP contribution is -2.19.